The zero-order chi connectivity index (χ0) is 12.8. The van der Waals surface area contributed by atoms with Gasteiger partial charge in [-0.2, -0.15) is 8.78 Å². The Hall–Kier alpha value is -1.85. The lowest BCUT2D eigenvalue weighted by Crippen LogP contribution is -2.30. The van der Waals surface area contributed by atoms with Crippen LogP contribution in [0.4, 0.5) is 19.3 Å². The van der Waals surface area contributed by atoms with Crippen molar-refractivity contribution in [2.75, 3.05) is 18.9 Å². The van der Waals surface area contributed by atoms with Crippen LogP contribution in [0.5, 0.6) is 5.75 Å². The minimum absolute atomic E-state index is 0.0573. The van der Waals surface area contributed by atoms with Crippen LogP contribution in [0.1, 0.15) is 6.92 Å². The Kier molecular flexibility index (Phi) is 4.68. The Morgan fingerprint density at radius 1 is 1.41 bits per heavy atom. The fourth-order valence-electron chi connectivity index (χ4n) is 1.08. The molecule has 0 radical (unpaired) electrons. The van der Waals surface area contributed by atoms with E-state index in [4.69, 9.17) is 0 Å². The van der Waals surface area contributed by atoms with Crippen LogP contribution in [0, 0.1) is 0 Å². The lowest BCUT2D eigenvalue weighted by atomic mass is 10.3. The highest BCUT2D eigenvalue weighted by Crippen LogP contribution is 2.17. The van der Waals surface area contributed by atoms with E-state index in [-0.39, 0.29) is 11.8 Å². The summed E-state index contributed by atoms with van der Waals surface area (Å²) in [6.07, 6.45) is 0. The zero-order valence-electron chi connectivity index (χ0n) is 9.61. The highest BCUT2D eigenvalue weighted by Gasteiger charge is 2.07. The van der Waals surface area contributed by atoms with Gasteiger partial charge < -0.3 is 15.0 Å². The van der Waals surface area contributed by atoms with Gasteiger partial charge in [-0.3, -0.25) is 0 Å². The van der Waals surface area contributed by atoms with Gasteiger partial charge in [-0.25, -0.2) is 4.79 Å². The number of alkyl halides is 2. The van der Waals surface area contributed by atoms with Crippen LogP contribution in [0.15, 0.2) is 24.3 Å². The summed E-state index contributed by atoms with van der Waals surface area (Å²) in [5.41, 5.74) is 0.525. The molecule has 6 heteroatoms. The number of amides is 2. The Bertz CT molecular complexity index is 368. The van der Waals surface area contributed by atoms with Crippen molar-refractivity contribution in [3.05, 3.63) is 24.3 Å². The van der Waals surface area contributed by atoms with Crippen LogP contribution in [0.25, 0.3) is 0 Å². The molecule has 1 N–H and O–H groups in total. The number of hydrogen-bond acceptors (Lipinski definition) is 2. The van der Waals surface area contributed by atoms with Gasteiger partial charge in [0.15, 0.2) is 0 Å². The first-order valence-corrected chi connectivity index (χ1v) is 5.10. The number of nitrogens with one attached hydrogen (secondary N) is 1. The Morgan fingerprint density at radius 2 is 2.00 bits per heavy atom. The van der Waals surface area contributed by atoms with Gasteiger partial charge in [0, 0.05) is 19.3 Å². The number of urea groups is 1. The molecule has 0 fully saturated rings. The Morgan fingerprint density at radius 3 is 2.47 bits per heavy atom. The molecule has 1 aromatic rings. The molecule has 0 saturated heterocycles. The Labute approximate surface area is 98.2 Å². The van der Waals surface area contributed by atoms with Crippen molar-refractivity contribution in [3.8, 4) is 5.75 Å². The van der Waals surface area contributed by atoms with Crippen LogP contribution in [-0.2, 0) is 0 Å². The van der Waals surface area contributed by atoms with Gasteiger partial charge >= 0.3 is 12.6 Å². The summed E-state index contributed by atoms with van der Waals surface area (Å²) in [4.78, 5) is 13.0. The number of hydrogen-bond donors (Lipinski definition) is 1. The van der Waals surface area contributed by atoms with Crippen molar-refractivity contribution in [1.29, 1.82) is 0 Å². The number of halogens is 2. The summed E-state index contributed by atoms with van der Waals surface area (Å²) < 4.78 is 28.0. The SMILES string of the molecule is CCN(C)C(=O)Nc1ccc(OC(F)F)cc1. The largest absolute Gasteiger partial charge is 0.435 e. The number of rotatable bonds is 4. The lowest BCUT2D eigenvalue weighted by molar-refractivity contribution is -0.0498. The van der Waals surface area contributed by atoms with E-state index in [1.165, 1.54) is 29.2 Å². The van der Waals surface area contributed by atoms with Gasteiger partial charge in [-0.05, 0) is 31.2 Å². The number of carbonyl (C=O) groups excluding carboxylic acids is 1. The smallest absolute Gasteiger partial charge is 0.387 e. The molecule has 0 heterocycles. The Balaban J connectivity index is 2.59. The quantitative estimate of drug-likeness (QED) is 0.884. The fraction of sp³-hybridized carbons (Fsp3) is 0.364. The van der Waals surface area contributed by atoms with E-state index in [0.29, 0.717) is 12.2 Å². The number of anilines is 1. The normalized spacial score (nSPS) is 10.2. The zero-order valence-corrected chi connectivity index (χ0v) is 9.61. The second kappa shape index (κ2) is 6.03. The van der Waals surface area contributed by atoms with Crippen LogP contribution in [0.2, 0.25) is 0 Å². The molecule has 1 aromatic carbocycles. The predicted octanol–water partition coefficient (Wildman–Crippen LogP) is 2.77. The third-order valence-corrected chi connectivity index (χ3v) is 2.15. The molecule has 0 bridgehead atoms. The van der Waals surface area contributed by atoms with Crippen LogP contribution in [0.3, 0.4) is 0 Å². The van der Waals surface area contributed by atoms with E-state index < -0.39 is 6.61 Å². The first kappa shape index (κ1) is 13.2. The number of ether oxygens (including phenoxy) is 1. The average molecular weight is 244 g/mol. The number of carbonyl (C=O) groups is 1. The van der Waals surface area contributed by atoms with Crippen molar-refractivity contribution >= 4 is 11.7 Å². The van der Waals surface area contributed by atoms with Gasteiger partial charge in [0.25, 0.3) is 0 Å². The molecule has 17 heavy (non-hydrogen) atoms. The summed E-state index contributed by atoms with van der Waals surface area (Å²) in [6.45, 7) is -0.418. The van der Waals surface area contributed by atoms with Gasteiger partial charge in [0.05, 0.1) is 0 Å². The summed E-state index contributed by atoms with van der Waals surface area (Å²) in [5.74, 6) is 0.0573. The van der Waals surface area contributed by atoms with Crippen molar-refractivity contribution in [2.24, 2.45) is 0 Å². The molecule has 0 spiro atoms. The predicted molar refractivity (Wildman–Crippen MR) is 60.4 cm³/mol. The summed E-state index contributed by atoms with van der Waals surface area (Å²) in [5, 5.41) is 2.62. The molecule has 0 aliphatic carbocycles. The van der Waals surface area contributed by atoms with E-state index in [0.717, 1.165) is 0 Å². The van der Waals surface area contributed by atoms with E-state index in [1.807, 2.05) is 6.92 Å². The maximum Gasteiger partial charge on any atom is 0.387 e. The molecule has 0 aromatic heterocycles. The van der Waals surface area contributed by atoms with Crippen LogP contribution < -0.4 is 10.1 Å². The van der Waals surface area contributed by atoms with Gasteiger partial charge in [0.1, 0.15) is 5.75 Å². The van der Waals surface area contributed by atoms with Gasteiger partial charge in [-0.1, -0.05) is 0 Å². The topological polar surface area (TPSA) is 41.6 Å². The van der Waals surface area contributed by atoms with Gasteiger partial charge in [0.2, 0.25) is 0 Å². The minimum atomic E-state index is -2.85. The molecular formula is C11H14F2N2O2. The van der Waals surface area contributed by atoms with Crippen molar-refractivity contribution < 1.29 is 18.3 Å². The van der Waals surface area contributed by atoms with Gasteiger partial charge in [-0.15, -0.1) is 0 Å². The third-order valence-electron chi connectivity index (χ3n) is 2.15. The molecule has 0 aliphatic heterocycles. The standard InChI is InChI=1S/C11H14F2N2O2/c1-3-15(2)11(16)14-8-4-6-9(7-5-8)17-10(12)13/h4-7,10H,3H2,1-2H3,(H,14,16). The second-order valence-electron chi connectivity index (χ2n) is 3.35. The maximum absolute atomic E-state index is 11.9. The minimum Gasteiger partial charge on any atom is -0.435 e. The maximum atomic E-state index is 11.9. The average Bonchev–Trinajstić information content (AvgIpc) is 2.30. The second-order valence-corrected chi connectivity index (χ2v) is 3.35. The summed E-state index contributed by atoms with van der Waals surface area (Å²) >= 11 is 0. The number of benzene rings is 1. The highest BCUT2D eigenvalue weighted by atomic mass is 19.3. The summed E-state index contributed by atoms with van der Waals surface area (Å²) in [6, 6.07) is 5.48. The molecular weight excluding hydrogens is 230 g/mol. The molecule has 0 saturated carbocycles. The molecule has 0 aliphatic rings. The highest BCUT2D eigenvalue weighted by molar-refractivity contribution is 5.89. The lowest BCUT2D eigenvalue weighted by Gasteiger charge is -2.15. The van der Waals surface area contributed by atoms with Crippen molar-refractivity contribution in [3.63, 3.8) is 0 Å². The van der Waals surface area contributed by atoms with Crippen molar-refractivity contribution in [2.45, 2.75) is 13.5 Å². The van der Waals surface area contributed by atoms with Crippen molar-refractivity contribution in [1.82, 2.24) is 4.90 Å². The molecule has 0 unspecified atom stereocenters. The van der Waals surface area contributed by atoms with Crippen LogP contribution in [-0.4, -0.2) is 31.1 Å². The summed E-state index contributed by atoms with van der Waals surface area (Å²) in [7, 11) is 1.66. The molecule has 4 nitrogen and oxygen atoms in total. The molecule has 0 atom stereocenters. The molecule has 1 rings (SSSR count). The fourth-order valence-corrected chi connectivity index (χ4v) is 1.08. The van der Waals surface area contributed by atoms with Crippen LogP contribution >= 0.6 is 0 Å². The first-order valence-electron chi connectivity index (χ1n) is 5.10. The third kappa shape index (κ3) is 4.26. The van der Waals surface area contributed by atoms with E-state index in [2.05, 4.69) is 10.1 Å². The van der Waals surface area contributed by atoms with E-state index in [9.17, 15) is 13.6 Å². The molecule has 94 valence electrons. The van der Waals surface area contributed by atoms with E-state index in [1.54, 1.807) is 7.05 Å². The first-order chi connectivity index (χ1) is 8.02. The monoisotopic (exact) mass is 244 g/mol. The molecule has 2 amide bonds. The number of nitrogens with zero attached hydrogens (tertiary/aromatic N) is 1. The van der Waals surface area contributed by atoms with E-state index >= 15 is 0 Å².